The number of aliphatic hydroxyl groups is 2. The topological polar surface area (TPSA) is 104 Å². The van der Waals surface area contributed by atoms with Gasteiger partial charge >= 0.3 is 0 Å². The molecular weight excluding hydrogens is 260 g/mol. The van der Waals surface area contributed by atoms with Gasteiger partial charge in [-0.2, -0.15) is 0 Å². The summed E-state index contributed by atoms with van der Waals surface area (Å²) in [6.45, 7) is 2.23. The third-order valence-electron chi connectivity index (χ3n) is 1.54. The predicted molar refractivity (Wildman–Crippen MR) is 69.7 cm³/mol. The van der Waals surface area contributed by atoms with E-state index in [0.29, 0.717) is 0 Å². The Hall–Kier alpha value is -0.0900. The second-order valence-corrected chi connectivity index (χ2v) is 6.09. The van der Waals surface area contributed by atoms with Crippen molar-refractivity contribution in [1.29, 1.82) is 0 Å². The molecule has 114 valence electrons. The van der Waals surface area contributed by atoms with Gasteiger partial charge in [-0.25, -0.2) is 0 Å². The molecule has 7 nitrogen and oxygen atoms in total. The second kappa shape index (κ2) is 12.0. The number of hydrogen-bond acceptors (Lipinski definition) is 5. The molecule has 0 radical (unpaired) electrons. The fourth-order valence-corrected chi connectivity index (χ4v) is 0.600. The zero-order valence-corrected chi connectivity index (χ0v) is 13.1. The lowest BCUT2D eigenvalue weighted by Crippen LogP contribution is -2.36. The summed E-state index contributed by atoms with van der Waals surface area (Å²) in [5, 5.41) is 16.8. The van der Waals surface area contributed by atoms with E-state index in [9.17, 15) is 0 Å². The summed E-state index contributed by atoms with van der Waals surface area (Å²) < 4.78 is 27.0. The molecule has 0 unspecified atom stereocenters. The molecule has 0 spiro atoms. The predicted octanol–water partition coefficient (Wildman–Crippen LogP) is -1.63. The molecule has 0 amide bonds. The third-order valence-corrected chi connectivity index (χ3v) is 1.54. The maximum Gasteiger partial charge on any atom is 0.101 e. The Morgan fingerprint density at radius 3 is 1.00 bits per heavy atom. The highest BCUT2D eigenvalue weighted by atomic mass is 32.2. The van der Waals surface area contributed by atoms with E-state index < -0.39 is 11.4 Å². The van der Waals surface area contributed by atoms with Crippen LogP contribution >= 0.6 is 0 Å². The average molecular weight is 288 g/mol. The molecule has 0 saturated carbocycles. The van der Waals surface area contributed by atoms with Crippen molar-refractivity contribution in [3.05, 3.63) is 0 Å². The van der Waals surface area contributed by atoms with Crippen LogP contribution in [-0.4, -0.2) is 101 Å². The van der Waals surface area contributed by atoms with Crippen LogP contribution < -0.4 is 0 Å². The third kappa shape index (κ3) is 56.5. The Morgan fingerprint density at radius 2 is 1.00 bits per heavy atom. The Bertz CT molecular complexity index is 181. The highest BCUT2D eigenvalue weighted by Gasteiger charge is 2.02. The summed E-state index contributed by atoms with van der Waals surface area (Å²) in [4.78, 5) is 0. The van der Waals surface area contributed by atoms with Crippen LogP contribution in [0.15, 0.2) is 0 Å². The van der Waals surface area contributed by atoms with Crippen molar-refractivity contribution < 1.29 is 32.5 Å². The van der Waals surface area contributed by atoms with Crippen molar-refractivity contribution in [3.63, 3.8) is 0 Å². The summed E-state index contributed by atoms with van der Waals surface area (Å²) in [5.74, 6) is 0. The van der Waals surface area contributed by atoms with E-state index in [1.807, 2.05) is 0 Å². The van der Waals surface area contributed by atoms with Gasteiger partial charge in [0.15, 0.2) is 0 Å². The minimum absolute atomic E-state index is 0.281. The van der Waals surface area contributed by atoms with Crippen molar-refractivity contribution in [2.45, 2.75) is 0 Å². The van der Waals surface area contributed by atoms with Crippen LogP contribution in [0.2, 0.25) is 0 Å². The van der Waals surface area contributed by atoms with Gasteiger partial charge in [-0.05, 0) is 0 Å². The maximum atomic E-state index is 8.44. The lowest BCUT2D eigenvalue weighted by molar-refractivity contribution is -0.870. The van der Waals surface area contributed by atoms with Crippen molar-refractivity contribution >= 4 is 11.4 Å². The first kappa shape index (κ1) is 23.0. The standard InChI is InChI=1S/2C5H14NO.H2O3S/c2*1-6(2,3)4-5-7;1-4(2)3/h2*7H,4-5H2,1-3H3;(H2,1,2,3)/q2*+1;/p-2. The first-order valence-corrected chi connectivity index (χ1v) is 6.45. The van der Waals surface area contributed by atoms with Crippen LogP contribution in [0.3, 0.4) is 0 Å². The van der Waals surface area contributed by atoms with Gasteiger partial charge in [0, 0.05) is 0 Å². The summed E-state index contributed by atoms with van der Waals surface area (Å²) in [6, 6.07) is 0. The number of aliphatic hydroxyl groups excluding tert-OH is 2. The smallest absolute Gasteiger partial charge is 0.101 e. The Balaban J connectivity index is -0.000000196. The molecule has 0 aromatic carbocycles. The minimum atomic E-state index is -3.11. The molecule has 0 aromatic rings. The molecule has 0 aliphatic heterocycles. The largest absolute Gasteiger partial charge is 0.784 e. The second-order valence-electron chi connectivity index (χ2n) is 5.68. The highest BCUT2D eigenvalue weighted by molar-refractivity contribution is 7.72. The van der Waals surface area contributed by atoms with Crippen LogP contribution in [0.5, 0.6) is 0 Å². The molecule has 8 heteroatoms. The van der Waals surface area contributed by atoms with Crippen LogP contribution in [0, 0.1) is 0 Å². The molecule has 2 N–H and O–H groups in total. The number of likely N-dealkylation sites (N-methyl/N-ethyl adjacent to an activating group) is 2. The Kier molecular flexibility index (Phi) is 15.3. The van der Waals surface area contributed by atoms with Gasteiger partial charge in [0.1, 0.15) is 13.1 Å². The molecule has 18 heavy (non-hydrogen) atoms. The van der Waals surface area contributed by atoms with Gasteiger partial charge in [0.2, 0.25) is 0 Å². The monoisotopic (exact) mass is 288 g/mol. The van der Waals surface area contributed by atoms with E-state index in [-0.39, 0.29) is 13.2 Å². The van der Waals surface area contributed by atoms with Crippen LogP contribution in [0.4, 0.5) is 0 Å². The zero-order chi connectivity index (χ0) is 15.4. The van der Waals surface area contributed by atoms with Gasteiger partial charge in [-0.1, -0.05) is 0 Å². The van der Waals surface area contributed by atoms with Crippen molar-refractivity contribution in [2.75, 3.05) is 68.6 Å². The molecule has 0 aliphatic carbocycles. The number of hydrogen-bond donors (Lipinski definition) is 2. The molecule has 0 aromatic heterocycles. The van der Waals surface area contributed by atoms with Gasteiger partial charge in [0.05, 0.1) is 55.5 Å². The van der Waals surface area contributed by atoms with Gasteiger partial charge < -0.3 is 28.3 Å². The van der Waals surface area contributed by atoms with Crippen LogP contribution in [-0.2, 0) is 11.4 Å². The molecule has 0 saturated heterocycles. The Labute approximate surface area is 113 Å². The van der Waals surface area contributed by atoms with Crippen molar-refractivity contribution in [3.8, 4) is 0 Å². The van der Waals surface area contributed by atoms with Crippen molar-refractivity contribution in [2.24, 2.45) is 0 Å². The molecule has 0 rings (SSSR count). The fraction of sp³-hybridized carbons (Fsp3) is 1.00. The molecule has 0 fully saturated rings. The van der Waals surface area contributed by atoms with E-state index >= 15 is 0 Å². The minimum Gasteiger partial charge on any atom is -0.784 e. The van der Waals surface area contributed by atoms with E-state index in [0.717, 1.165) is 22.1 Å². The summed E-state index contributed by atoms with van der Waals surface area (Å²) in [6.07, 6.45) is 0. The van der Waals surface area contributed by atoms with Crippen molar-refractivity contribution in [1.82, 2.24) is 0 Å². The normalized spacial score (nSPS) is 11.3. The van der Waals surface area contributed by atoms with E-state index in [4.69, 9.17) is 23.5 Å². The summed E-state index contributed by atoms with van der Waals surface area (Å²) in [5.41, 5.74) is 0. The Morgan fingerprint density at radius 1 is 0.833 bits per heavy atom. The quantitative estimate of drug-likeness (QED) is 0.477. The lowest BCUT2D eigenvalue weighted by Gasteiger charge is -2.21. The van der Waals surface area contributed by atoms with Crippen LogP contribution in [0.1, 0.15) is 0 Å². The summed E-state index contributed by atoms with van der Waals surface area (Å²) in [7, 11) is 12.3. The molecule has 0 bridgehead atoms. The van der Waals surface area contributed by atoms with Crippen LogP contribution in [0.25, 0.3) is 0 Å². The SMILES string of the molecule is C[N+](C)(C)CCO.C[N+](C)(C)CCO.O=S([O-])[O-]. The number of rotatable bonds is 4. The van der Waals surface area contributed by atoms with E-state index in [1.54, 1.807) is 0 Å². The van der Waals surface area contributed by atoms with Gasteiger partial charge in [-0.3, -0.25) is 4.21 Å². The molecular formula is C10H28N2O5S. The molecule has 0 heterocycles. The number of quaternary nitrogens is 2. The molecule has 0 aliphatic rings. The van der Waals surface area contributed by atoms with Gasteiger partial charge in [-0.15, -0.1) is 11.4 Å². The lowest BCUT2D eigenvalue weighted by atomic mass is 10.5. The summed E-state index contributed by atoms with van der Waals surface area (Å²) >= 11 is -3.11. The van der Waals surface area contributed by atoms with E-state index in [1.165, 1.54) is 0 Å². The highest BCUT2D eigenvalue weighted by Crippen LogP contribution is 1.85. The molecule has 0 atom stereocenters. The van der Waals surface area contributed by atoms with E-state index in [2.05, 4.69) is 42.3 Å². The average Bonchev–Trinajstić information content (AvgIpc) is 1.97. The zero-order valence-electron chi connectivity index (χ0n) is 12.3. The van der Waals surface area contributed by atoms with Gasteiger partial charge in [0.25, 0.3) is 0 Å². The first-order valence-electron chi connectivity index (χ1n) is 5.45. The fourth-order valence-electron chi connectivity index (χ4n) is 0.600. The number of nitrogens with zero attached hydrogens (tertiary/aromatic N) is 2. The first-order chi connectivity index (χ1) is 7.85. The maximum absolute atomic E-state index is 8.44.